The largest absolute Gasteiger partial charge is 0.491 e. The van der Waals surface area contributed by atoms with Crippen LogP contribution in [0.15, 0.2) is 78.9 Å². The molecule has 2 N–H and O–H groups in total. The van der Waals surface area contributed by atoms with Gasteiger partial charge in [0.2, 0.25) is 0 Å². The lowest BCUT2D eigenvalue weighted by molar-refractivity contribution is 0.0977. The molecule has 0 fully saturated rings. The summed E-state index contributed by atoms with van der Waals surface area (Å²) in [5, 5.41) is 5.96. The average molecular weight is 479 g/mol. The van der Waals surface area contributed by atoms with Gasteiger partial charge >= 0.3 is 0 Å². The number of carbonyl (C=O) groups is 1. The first-order valence-electron chi connectivity index (χ1n) is 11.3. The molecule has 1 amide bonds. The van der Waals surface area contributed by atoms with Gasteiger partial charge in [0.25, 0.3) is 5.91 Å². The topological polar surface area (TPSA) is 68.8 Å². The molecule has 0 aromatic heterocycles. The fraction of sp³-hybridized carbons (Fsp3) is 0.259. The number of anilines is 1. The van der Waals surface area contributed by atoms with Crippen LogP contribution in [-0.4, -0.2) is 37.4 Å². The number of para-hydroxylation sites is 2. The molecule has 0 saturated heterocycles. The fourth-order valence-corrected chi connectivity index (χ4v) is 3.40. The van der Waals surface area contributed by atoms with Crippen LogP contribution in [0, 0.1) is 0 Å². The summed E-state index contributed by atoms with van der Waals surface area (Å²) in [5.41, 5.74) is 2.46. The number of carbonyl (C=O) groups excluding carboxylic acids is 1. The van der Waals surface area contributed by atoms with Crippen LogP contribution in [0.4, 0.5) is 5.69 Å². The molecule has 7 heteroatoms. The van der Waals surface area contributed by atoms with Crippen molar-refractivity contribution in [3.8, 4) is 11.5 Å². The van der Waals surface area contributed by atoms with Crippen molar-refractivity contribution in [1.29, 1.82) is 0 Å². The third kappa shape index (κ3) is 8.50. The summed E-state index contributed by atoms with van der Waals surface area (Å²) < 4.78 is 16.8. The Morgan fingerprint density at radius 3 is 2.35 bits per heavy atom. The molecule has 0 aliphatic rings. The number of nitrogens with one attached hydrogen (secondary N) is 2. The van der Waals surface area contributed by atoms with Crippen molar-refractivity contribution in [3.05, 3.63) is 90.0 Å². The Morgan fingerprint density at radius 2 is 1.59 bits per heavy atom. The van der Waals surface area contributed by atoms with E-state index in [-0.39, 0.29) is 11.0 Å². The second-order valence-electron chi connectivity index (χ2n) is 7.41. The number of hydrogen-bond donors (Lipinski definition) is 2. The number of ether oxygens (including phenoxy) is 3. The van der Waals surface area contributed by atoms with Crippen molar-refractivity contribution in [2.24, 2.45) is 0 Å². The molecule has 34 heavy (non-hydrogen) atoms. The lowest BCUT2D eigenvalue weighted by atomic mass is 10.1. The fourth-order valence-electron chi connectivity index (χ4n) is 3.19. The molecule has 3 aromatic carbocycles. The molecule has 0 aliphatic carbocycles. The first kappa shape index (κ1) is 25.2. The highest BCUT2D eigenvalue weighted by Gasteiger charge is 2.10. The Morgan fingerprint density at radius 1 is 0.853 bits per heavy atom. The number of aryl methyl sites for hydroxylation is 1. The Hall–Kier alpha value is -3.42. The zero-order chi connectivity index (χ0) is 24.0. The minimum atomic E-state index is -0.306. The van der Waals surface area contributed by atoms with Crippen LogP contribution >= 0.6 is 12.2 Å². The minimum absolute atomic E-state index is 0.197. The standard InChI is InChI=1S/C27H30N2O4S/c1-2-31-19-20-32-23-16-14-22(15-17-23)26(30)29-27(34)28-24-12-6-7-13-25(24)33-18-8-11-21-9-4-3-5-10-21/h3-7,9-10,12-17H,2,8,11,18-20H2,1H3,(H2,28,29,30,34). The summed E-state index contributed by atoms with van der Waals surface area (Å²) in [6.07, 6.45) is 1.84. The summed E-state index contributed by atoms with van der Waals surface area (Å²) in [4.78, 5) is 12.6. The average Bonchev–Trinajstić information content (AvgIpc) is 2.86. The summed E-state index contributed by atoms with van der Waals surface area (Å²) in [6, 6.07) is 24.7. The number of rotatable bonds is 12. The minimum Gasteiger partial charge on any atom is -0.491 e. The Balaban J connectivity index is 1.46. The van der Waals surface area contributed by atoms with Crippen LogP contribution in [0.5, 0.6) is 11.5 Å². The zero-order valence-corrected chi connectivity index (χ0v) is 20.1. The van der Waals surface area contributed by atoms with E-state index in [0.29, 0.717) is 49.2 Å². The Bertz CT molecular complexity index is 1040. The monoisotopic (exact) mass is 478 g/mol. The van der Waals surface area contributed by atoms with E-state index in [1.165, 1.54) is 5.56 Å². The molecule has 0 heterocycles. The van der Waals surface area contributed by atoms with Crippen molar-refractivity contribution in [2.45, 2.75) is 19.8 Å². The van der Waals surface area contributed by atoms with E-state index < -0.39 is 0 Å². The number of hydrogen-bond acceptors (Lipinski definition) is 5. The van der Waals surface area contributed by atoms with Crippen LogP contribution in [0.1, 0.15) is 29.3 Å². The van der Waals surface area contributed by atoms with Gasteiger partial charge in [-0.1, -0.05) is 42.5 Å². The lowest BCUT2D eigenvalue weighted by Gasteiger charge is -2.14. The molecule has 6 nitrogen and oxygen atoms in total. The van der Waals surface area contributed by atoms with Crippen molar-refractivity contribution < 1.29 is 19.0 Å². The maximum atomic E-state index is 12.6. The summed E-state index contributed by atoms with van der Waals surface area (Å²) >= 11 is 5.34. The third-order valence-corrected chi connectivity index (χ3v) is 5.09. The molecule has 3 rings (SSSR count). The second kappa shape index (κ2) is 14.0. The van der Waals surface area contributed by atoms with Gasteiger partial charge in [0.15, 0.2) is 5.11 Å². The highest BCUT2D eigenvalue weighted by molar-refractivity contribution is 7.80. The Kier molecular flexibility index (Phi) is 10.4. The molecule has 0 aliphatic heterocycles. The van der Waals surface area contributed by atoms with Crippen LogP contribution in [0.25, 0.3) is 0 Å². The molecule has 178 valence electrons. The van der Waals surface area contributed by atoms with Crippen LogP contribution in [-0.2, 0) is 11.2 Å². The van der Waals surface area contributed by atoms with Gasteiger partial charge in [-0.2, -0.15) is 0 Å². The number of amides is 1. The summed E-state index contributed by atoms with van der Waals surface area (Å²) in [5.74, 6) is 1.05. The predicted octanol–water partition coefficient (Wildman–Crippen LogP) is 5.24. The highest BCUT2D eigenvalue weighted by Crippen LogP contribution is 2.24. The molecule has 0 bridgehead atoms. The first-order chi connectivity index (χ1) is 16.7. The second-order valence-corrected chi connectivity index (χ2v) is 7.82. The van der Waals surface area contributed by atoms with E-state index in [2.05, 4.69) is 22.8 Å². The van der Waals surface area contributed by atoms with Crippen LogP contribution in [0.2, 0.25) is 0 Å². The van der Waals surface area contributed by atoms with Gasteiger partial charge in [0.1, 0.15) is 18.1 Å². The van der Waals surface area contributed by atoms with Gasteiger partial charge < -0.3 is 19.5 Å². The Labute approximate surface area is 206 Å². The van der Waals surface area contributed by atoms with E-state index in [1.807, 2.05) is 49.4 Å². The van der Waals surface area contributed by atoms with E-state index in [1.54, 1.807) is 24.3 Å². The zero-order valence-electron chi connectivity index (χ0n) is 19.3. The molecule has 0 radical (unpaired) electrons. The van der Waals surface area contributed by atoms with Gasteiger partial charge in [-0.3, -0.25) is 10.1 Å². The van der Waals surface area contributed by atoms with Gasteiger partial charge in [0.05, 0.1) is 18.9 Å². The van der Waals surface area contributed by atoms with E-state index in [4.69, 9.17) is 26.4 Å². The van der Waals surface area contributed by atoms with Crippen LogP contribution < -0.4 is 20.1 Å². The molecule has 0 unspecified atom stereocenters. The summed E-state index contributed by atoms with van der Waals surface area (Å²) in [6.45, 7) is 4.15. The molecule has 3 aromatic rings. The molecule has 0 saturated carbocycles. The predicted molar refractivity (Wildman–Crippen MR) is 139 cm³/mol. The van der Waals surface area contributed by atoms with E-state index in [0.717, 1.165) is 12.8 Å². The maximum absolute atomic E-state index is 12.6. The molecule has 0 spiro atoms. The van der Waals surface area contributed by atoms with E-state index >= 15 is 0 Å². The van der Waals surface area contributed by atoms with Crippen LogP contribution in [0.3, 0.4) is 0 Å². The summed E-state index contributed by atoms with van der Waals surface area (Å²) in [7, 11) is 0. The van der Waals surface area contributed by atoms with Crippen molar-refractivity contribution >= 4 is 28.9 Å². The molecular formula is C27H30N2O4S. The number of thiocarbonyl (C=S) groups is 1. The third-order valence-electron chi connectivity index (χ3n) is 4.89. The SMILES string of the molecule is CCOCCOc1ccc(C(=O)NC(=S)Nc2ccccc2OCCCc2ccccc2)cc1. The quantitative estimate of drug-likeness (QED) is 0.274. The van der Waals surface area contributed by atoms with Gasteiger partial charge in [-0.25, -0.2) is 0 Å². The smallest absolute Gasteiger partial charge is 0.257 e. The normalized spacial score (nSPS) is 10.4. The van der Waals surface area contributed by atoms with Crippen molar-refractivity contribution in [3.63, 3.8) is 0 Å². The molecular weight excluding hydrogens is 448 g/mol. The highest BCUT2D eigenvalue weighted by atomic mass is 32.1. The molecule has 0 atom stereocenters. The van der Waals surface area contributed by atoms with Crippen molar-refractivity contribution in [1.82, 2.24) is 5.32 Å². The van der Waals surface area contributed by atoms with Gasteiger partial charge in [-0.05, 0) is 73.9 Å². The lowest BCUT2D eigenvalue weighted by Crippen LogP contribution is -2.34. The maximum Gasteiger partial charge on any atom is 0.257 e. The van der Waals surface area contributed by atoms with Crippen molar-refractivity contribution in [2.75, 3.05) is 31.7 Å². The van der Waals surface area contributed by atoms with Gasteiger partial charge in [-0.15, -0.1) is 0 Å². The van der Waals surface area contributed by atoms with E-state index in [9.17, 15) is 4.79 Å². The first-order valence-corrected chi connectivity index (χ1v) is 11.7. The number of benzene rings is 3. The van der Waals surface area contributed by atoms with Gasteiger partial charge in [0, 0.05) is 12.2 Å².